The number of aryl methyl sites for hydroxylation is 2. The maximum absolute atomic E-state index is 5.56. The van der Waals surface area contributed by atoms with E-state index in [2.05, 4.69) is 41.3 Å². The molecule has 1 aromatic carbocycles. The van der Waals surface area contributed by atoms with Crippen LogP contribution in [0.1, 0.15) is 43.1 Å². The number of hydrogen-bond acceptors (Lipinski definition) is 4. The molecule has 0 aliphatic carbocycles. The van der Waals surface area contributed by atoms with Gasteiger partial charge in [0.2, 0.25) is 5.95 Å². The van der Waals surface area contributed by atoms with E-state index in [0.717, 1.165) is 36.5 Å². The Morgan fingerprint density at radius 3 is 2.71 bits per heavy atom. The summed E-state index contributed by atoms with van der Waals surface area (Å²) in [6.45, 7) is 6.99. The van der Waals surface area contributed by atoms with Gasteiger partial charge >= 0.3 is 0 Å². The predicted molar refractivity (Wildman–Crippen MR) is 88.0 cm³/mol. The average molecular weight is 284 g/mol. The maximum atomic E-state index is 5.56. The summed E-state index contributed by atoms with van der Waals surface area (Å²) in [5.74, 6) is 1.05. The Bertz CT molecular complexity index is 593. The molecule has 0 fully saturated rings. The number of aromatic nitrogens is 2. The molecule has 2 rings (SSSR count). The molecule has 0 radical (unpaired) electrons. The number of nitrogens with two attached hydrogens (primary N) is 1. The Morgan fingerprint density at radius 1 is 1.19 bits per heavy atom. The third-order valence-electron chi connectivity index (χ3n) is 3.32. The van der Waals surface area contributed by atoms with Crippen LogP contribution < -0.4 is 11.1 Å². The van der Waals surface area contributed by atoms with Crippen LogP contribution >= 0.6 is 0 Å². The first-order valence-corrected chi connectivity index (χ1v) is 7.50. The van der Waals surface area contributed by atoms with Crippen LogP contribution in [0.15, 0.2) is 30.3 Å². The van der Waals surface area contributed by atoms with Crippen LogP contribution in [-0.4, -0.2) is 16.5 Å². The van der Waals surface area contributed by atoms with Gasteiger partial charge in [0, 0.05) is 17.1 Å². The highest BCUT2D eigenvalue weighted by atomic mass is 15.1. The van der Waals surface area contributed by atoms with Gasteiger partial charge in [-0.1, -0.05) is 26.0 Å². The lowest BCUT2D eigenvalue weighted by atomic mass is 10.1. The Labute approximate surface area is 126 Å². The van der Waals surface area contributed by atoms with Gasteiger partial charge in [-0.3, -0.25) is 0 Å². The number of nitrogens with zero attached hydrogens (tertiary/aromatic N) is 2. The van der Waals surface area contributed by atoms with E-state index in [0.29, 0.717) is 11.9 Å². The summed E-state index contributed by atoms with van der Waals surface area (Å²) >= 11 is 0. The molecule has 0 saturated heterocycles. The first-order chi connectivity index (χ1) is 10.1. The summed E-state index contributed by atoms with van der Waals surface area (Å²) in [6.07, 6.45) is 2.00. The highest BCUT2D eigenvalue weighted by Crippen LogP contribution is 2.19. The van der Waals surface area contributed by atoms with Crippen LogP contribution in [-0.2, 0) is 6.42 Å². The van der Waals surface area contributed by atoms with Gasteiger partial charge < -0.3 is 11.1 Å². The molecule has 0 amide bonds. The SMILES string of the molecule is Cc1cc(C(C)C)nc(Nc2cccc(CCCN)c2)n1. The lowest BCUT2D eigenvalue weighted by molar-refractivity contribution is 0.812. The lowest BCUT2D eigenvalue weighted by Crippen LogP contribution is -2.04. The van der Waals surface area contributed by atoms with Crippen LogP contribution in [0.4, 0.5) is 11.6 Å². The Balaban J connectivity index is 2.17. The topological polar surface area (TPSA) is 63.8 Å². The summed E-state index contributed by atoms with van der Waals surface area (Å²) in [5, 5.41) is 3.30. The summed E-state index contributed by atoms with van der Waals surface area (Å²) in [7, 11) is 0. The first-order valence-electron chi connectivity index (χ1n) is 7.50. The number of hydrogen-bond donors (Lipinski definition) is 2. The maximum Gasteiger partial charge on any atom is 0.227 e. The molecule has 4 heteroatoms. The van der Waals surface area contributed by atoms with Gasteiger partial charge in [-0.05, 0) is 56.0 Å². The average Bonchev–Trinajstić information content (AvgIpc) is 2.45. The first kappa shape index (κ1) is 15.4. The van der Waals surface area contributed by atoms with Gasteiger partial charge in [0.1, 0.15) is 0 Å². The van der Waals surface area contributed by atoms with Crippen molar-refractivity contribution in [2.75, 3.05) is 11.9 Å². The number of rotatable bonds is 6. The zero-order valence-corrected chi connectivity index (χ0v) is 13.1. The Morgan fingerprint density at radius 2 is 2.00 bits per heavy atom. The third kappa shape index (κ3) is 4.53. The van der Waals surface area contributed by atoms with Crippen molar-refractivity contribution in [1.29, 1.82) is 0 Å². The minimum Gasteiger partial charge on any atom is -0.330 e. The van der Waals surface area contributed by atoms with E-state index in [-0.39, 0.29) is 0 Å². The summed E-state index contributed by atoms with van der Waals surface area (Å²) < 4.78 is 0. The third-order valence-corrected chi connectivity index (χ3v) is 3.32. The van der Waals surface area contributed by atoms with Crippen molar-refractivity contribution in [1.82, 2.24) is 9.97 Å². The van der Waals surface area contributed by atoms with Crippen molar-refractivity contribution in [2.45, 2.75) is 39.5 Å². The van der Waals surface area contributed by atoms with Crippen LogP contribution in [0.25, 0.3) is 0 Å². The smallest absolute Gasteiger partial charge is 0.227 e. The quantitative estimate of drug-likeness (QED) is 0.851. The van der Waals surface area contributed by atoms with Crippen molar-refractivity contribution >= 4 is 11.6 Å². The van der Waals surface area contributed by atoms with Gasteiger partial charge in [0.25, 0.3) is 0 Å². The van der Waals surface area contributed by atoms with E-state index >= 15 is 0 Å². The molecule has 0 spiro atoms. The predicted octanol–water partition coefficient (Wildman–Crippen LogP) is 3.54. The molecule has 0 bridgehead atoms. The second-order valence-corrected chi connectivity index (χ2v) is 5.63. The highest BCUT2D eigenvalue weighted by Gasteiger charge is 2.06. The Kier molecular flexibility index (Phi) is 5.28. The zero-order valence-electron chi connectivity index (χ0n) is 13.1. The van der Waals surface area contributed by atoms with Crippen LogP contribution in [0.5, 0.6) is 0 Å². The molecule has 4 nitrogen and oxygen atoms in total. The van der Waals surface area contributed by atoms with E-state index in [1.54, 1.807) is 0 Å². The second-order valence-electron chi connectivity index (χ2n) is 5.63. The minimum atomic E-state index is 0.392. The molecule has 2 aromatic rings. The van der Waals surface area contributed by atoms with E-state index in [9.17, 15) is 0 Å². The normalized spacial score (nSPS) is 10.9. The minimum absolute atomic E-state index is 0.392. The van der Waals surface area contributed by atoms with E-state index in [1.807, 2.05) is 25.1 Å². The highest BCUT2D eigenvalue weighted by molar-refractivity contribution is 5.54. The fourth-order valence-corrected chi connectivity index (χ4v) is 2.18. The van der Waals surface area contributed by atoms with Crippen molar-refractivity contribution in [2.24, 2.45) is 5.73 Å². The van der Waals surface area contributed by atoms with Crippen molar-refractivity contribution in [3.05, 3.63) is 47.3 Å². The van der Waals surface area contributed by atoms with Gasteiger partial charge in [-0.15, -0.1) is 0 Å². The molecule has 1 aromatic heterocycles. The number of benzene rings is 1. The van der Waals surface area contributed by atoms with Gasteiger partial charge in [-0.25, -0.2) is 9.97 Å². The van der Waals surface area contributed by atoms with Crippen LogP contribution in [0.2, 0.25) is 0 Å². The van der Waals surface area contributed by atoms with E-state index in [4.69, 9.17) is 5.73 Å². The fourth-order valence-electron chi connectivity index (χ4n) is 2.18. The summed E-state index contributed by atoms with van der Waals surface area (Å²) in [5.41, 5.74) is 9.90. The van der Waals surface area contributed by atoms with Gasteiger partial charge in [0.05, 0.1) is 0 Å². The second kappa shape index (κ2) is 7.18. The molecule has 112 valence electrons. The van der Waals surface area contributed by atoms with E-state index in [1.165, 1.54) is 5.56 Å². The Hall–Kier alpha value is -1.94. The molecule has 0 aliphatic rings. The van der Waals surface area contributed by atoms with Crippen LogP contribution in [0.3, 0.4) is 0 Å². The van der Waals surface area contributed by atoms with Gasteiger partial charge in [-0.2, -0.15) is 0 Å². The molecule has 0 saturated carbocycles. The summed E-state index contributed by atoms with van der Waals surface area (Å²) in [4.78, 5) is 9.04. The molecular formula is C17H24N4. The van der Waals surface area contributed by atoms with Crippen molar-refractivity contribution < 1.29 is 0 Å². The fraction of sp³-hybridized carbons (Fsp3) is 0.412. The van der Waals surface area contributed by atoms with Crippen molar-refractivity contribution in [3.8, 4) is 0 Å². The largest absolute Gasteiger partial charge is 0.330 e. The molecule has 21 heavy (non-hydrogen) atoms. The monoisotopic (exact) mass is 284 g/mol. The summed E-state index contributed by atoms with van der Waals surface area (Å²) in [6, 6.07) is 10.4. The number of nitrogens with one attached hydrogen (secondary N) is 1. The van der Waals surface area contributed by atoms with Gasteiger partial charge in [0.15, 0.2) is 0 Å². The molecule has 0 unspecified atom stereocenters. The molecule has 0 atom stereocenters. The molecular weight excluding hydrogens is 260 g/mol. The van der Waals surface area contributed by atoms with Crippen molar-refractivity contribution in [3.63, 3.8) is 0 Å². The molecule has 0 aliphatic heterocycles. The molecule has 3 N–H and O–H groups in total. The lowest BCUT2D eigenvalue weighted by Gasteiger charge is -2.11. The number of anilines is 2. The van der Waals surface area contributed by atoms with E-state index < -0.39 is 0 Å². The zero-order chi connectivity index (χ0) is 15.2. The molecule has 1 heterocycles. The standard InChI is InChI=1S/C17H24N4/c1-12(2)16-10-13(3)19-17(21-16)20-15-8-4-6-14(11-15)7-5-9-18/h4,6,8,10-12H,5,7,9,18H2,1-3H3,(H,19,20,21). The van der Waals surface area contributed by atoms with Crippen LogP contribution in [0, 0.1) is 6.92 Å².